The molecule has 1 aliphatic rings. The van der Waals surface area contributed by atoms with Gasteiger partial charge in [0.25, 0.3) is 0 Å². The molecule has 2 heterocycles. The Hall–Kier alpha value is -1.69. The van der Waals surface area contributed by atoms with Crippen molar-refractivity contribution in [2.24, 2.45) is 0 Å². The number of carbonyl (C=O) groups is 1. The SMILES string of the molecule is CC(C)(C)OC(=O)N1CCC(Sc2nc3ccccc3[nH]2)CC1. The second kappa shape index (κ2) is 6.43. The van der Waals surface area contributed by atoms with Crippen LogP contribution in [-0.2, 0) is 4.74 Å². The van der Waals surface area contributed by atoms with Crippen LogP contribution in [0.3, 0.4) is 0 Å². The molecule has 2 aromatic rings. The van der Waals surface area contributed by atoms with Gasteiger partial charge >= 0.3 is 6.09 Å². The Morgan fingerprint density at radius 2 is 2.00 bits per heavy atom. The molecular formula is C17H23N3O2S. The average molecular weight is 333 g/mol. The van der Waals surface area contributed by atoms with Gasteiger partial charge in [0.2, 0.25) is 0 Å². The number of aromatic amines is 1. The summed E-state index contributed by atoms with van der Waals surface area (Å²) in [5.41, 5.74) is 1.64. The minimum absolute atomic E-state index is 0.204. The van der Waals surface area contributed by atoms with E-state index in [9.17, 15) is 4.79 Å². The summed E-state index contributed by atoms with van der Waals surface area (Å²) in [5.74, 6) is 0. The fraction of sp³-hybridized carbons (Fsp3) is 0.529. The number of nitrogens with zero attached hydrogens (tertiary/aromatic N) is 2. The van der Waals surface area contributed by atoms with Crippen LogP contribution in [0.4, 0.5) is 4.79 Å². The molecule has 1 aromatic heterocycles. The fourth-order valence-electron chi connectivity index (χ4n) is 2.63. The second-order valence-electron chi connectivity index (χ2n) is 6.84. The van der Waals surface area contributed by atoms with Gasteiger partial charge in [0, 0.05) is 18.3 Å². The first-order chi connectivity index (χ1) is 10.9. The van der Waals surface area contributed by atoms with Crippen LogP contribution < -0.4 is 0 Å². The van der Waals surface area contributed by atoms with Crippen LogP contribution >= 0.6 is 11.8 Å². The van der Waals surface area contributed by atoms with Crippen molar-refractivity contribution < 1.29 is 9.53 Å². The third-order valence-corrected chi connectivity index (χ3v) is 4.96. The Bertz CT molecular complexity index is 651. The van der Waals surface area contributed by atoms with Crippen LogP contribution in [0.2, 0.25) is 0 Å². The second-order valence-corrected chi connectivity index (χ2v) is 8.13. The lowest BCUT2D eigenvalue weighted by molar-refractivity contribution is 0.0219. The lowest BCUT2D eigenvalue weighted by Gasteiger charge is -2.32. The van der Waals surface area contributed by atoms with Crippen LogP contribution in [0.25, 0.3) is 11.0 Å². The maximum atomic E-state index is 12.1. The highest BCUT2D eigenvalue weighted by Crippen LogP contribution is 2.30. The lowest BCUT2D eigenvalue weighted by Crippen LogP contribution is -2.42. The summed E-state index contributed by atoms with van der Waals surface area (Å²) in [4.78, 5) is 21.8. The van der Waals surface area contributed by atoms with Gasteiger partial charge in [-0.05, 0) is 45.7 Å². The number of thioether (sulfide) groups is 1. The standard InChI is InChI=1S/C17H23N3O2S/c1-17(2,3)22-16(21)20-10-8-12(9-11-20)23-15-18-13-6-4-5-7-14(13)19-15/h4-7,12H,8-11H2,1-3H3,(H,18,19). The number of carbonyl (C=O) groups excluding carboxylic acids is 1. The molecule has 0 saturated carbocycles. The zero-order valence-electron chi connectivity index (χ0n) is 13.8. The zero-order valence-corrected chi connectivity index (χ0v) is 14.7. The number of hydrogen-bond donors (Lipinski definition) is 1. The number of hydrogen-bond acceptors (Lipinski definition) is 4. The van der Waals surface area contributed by atoms with E-state index in [2.05, 4.69) is 9.97 Å². The predicted molar refractivity (Wildman–Crippen MR) is 92.8 cm³/mol. The van der Waals surface area contributed by atoms with E-state index in [1.165, 1.54) is 0 Å². The van der Waals surface area contributed by atoms with E-state index in [0.717, 1.165) is 42.1 Å². The number of ether oxygens (including phenoxy) is 1. The molecule has 0 aliphatic carbocycles. The van der Waals surface area contributed by atoms with Gasteiger partial charge in [0.15, 0.2) is 5.16 Å². The van der Waals surface area contributed by atoms with Crippen molar-refractivity contribution in [2.45, 2.75) is 49.6 Å². The molecule has 0 bridgehead atoms. The van der Waals surface area contributed by atoms with Crippen molar-refractivity contribution in [3.8, 4) is 0 Å². The molecule has 1 aliphatic heterocycles. The minimum atomic E-state index is -0.434. The number of nitrogens with one attached hydrogen (secondary N) is 1. The van der Waals surface area contributed by atoms with Gasteiger partial charge < -0.3 is 14.6 Å². The topological polar surface area (TPSA) is 58.2 Å². The maximum Gasteiger partial charge on any atom is 0.410 e. The molecular weight excluding hydrogens is 310 g/mol. The quantitative estimate of drug-likeness (QED) is 0.900. The highest BCUT2D eigenvalue weighted by atomic mass is 32.2. The Balaban J connectivity index is 1.54. The summed E-state index contributed by atoms with van der Waals surface area (Å²) < 4.78 is 5.43. The van der Waals surface area contributed by atoms with E-state index < -0.39 is 5.60 Å². The third-order valence-electron chi connectivity index (χ3n) is 3.74. The Morgan fingerprint density at radius 1 is 1.30 bits per heavy atom. The summed E-state index contributed by atoms with van der Waals surface area (Å²) in [7, 11) is 0. The van der Waals surface area contributed by atoms with E-state index in [4.69, 9.17) is 4.74 Å². The fourth-order valence-corrected chi connectivity index (χ4v) is 3.71. The number of benzene rings is 1. The van der Waals surface area contributed by atoms with Crippen molar-refractivity contribution in [1.82, 2.24) is 14.9 Å². The molecule has 1 N–H and O–H groups in total. The van der Waals surface area contributed by atoms with Gasteiger partial charge in [0.05, 0.1) is 11.0 Å². The van der Waals surface area contributed by atoms with Gasteiger partial charge in [-0.3, -0.25) is 0 Å². The molecule has 1 amide bonds. The van der Waals surface area contributed by atoms with E-state index in [1.807, 2.05) is 45.0 Å². The van der Waals surface area contributed by atoms with Gasteiger partial charge in [-0.1, -0.05) is 23.9 Å². The molecule has 124 valence electrons. The number of aromatic nitrogens is 2. The molecule has 23 heavy (non-hydrogen) atoms. The van der Waals surface area contributed by atoms with E-state index >= 15 is 0 Å². The largest absolute Gasteiger partial charge is 0.444 e. The van der Waals surface area contributed by atoms with E-state index in [-0.39, 0.29) is 6.09 Å². The molecule has 0 unspecified atom stereocenters. The van der Waals surface area contributed by atoms with Gasteiger partial charge in [-0.15, -0.1) is 0 Å². The van der Waals surface area contributed by atoms with Crippen molar-refractivity contribution in [3.63, 3.8) is 0 Å². The summed E-state index contributed by atoms with van der Waals surface area (Å²) >= 11 is 1.77. The summed E-state index contributed by atoms with van der Waals surface area (Å²) in [6.07, 6.45) is 1.71. The first kappa shape index (κ1) is 16.2. The molecule has 0 atom stereocenters. The number of H-pyrrole nitrogens is 1. The number of piperidine rings is 1. The summed E-state index contributed by atoms with van der Waals surface area (Å²) in [6, 6.07) is 8.06. The van der Waals surface area contributed by atoms with Crippen LogP contribution in [0.5, 0.6) is 0 Å². The number of rotatable bonds is 2. The molecule has 0 radical (unpaired) electrons. The molecule has 1 fully saturated rings. The molecule has 0 spiro atoms. The van der Waals surface area contributed by atoms with Crippen molar-refractivity contribution >= 4 is 28.9 Å². The van der Waals surface area contributed by atoms with Gasteiger partial charge in [-0.25, -0.2) is 9.78 Å². The van der Waals surface area contributed by atoms with Crippen molar-refractivity contribution in [2.75, 3.05) is 13.1 Å². The summed E-state index contributed by atoms with van der Waals surface area (Å²) in [5, 5.41) is 1.44. The Morgan fingerprint density at radius 3 is 2.65 bits per heavy atom. The number of para-hydroxylation sites is 2. The van der Waals surface area contributed by atoms with Crippen LogP contribution in [-0.4, -0.2) is 44.9 Å². The molecule has 5 nitrogen and oxygen atoms in total. The highest BCUT2D eigenvalue weighted by molar-refractivity contribution is 7.99. The number of fused-ring (bicyclic) bond motifs is 1. The van der Waals surface area contributed by atoms with E-state index in [0.29, 0.717) is 5.25 Å². The zero-order chi connectivity index (χ0) is 16.4. The molecule has 1 saturated heterocycles. The molecule has 3 rings (SSSR count). The lowest BCUT2D eigenvalue weighted by atomic mass is 10.1. The normalized spacial score (nSPS) is 16.7. The number of amides is 1. The maximum absolute atomic E-state index is 12.1. The van der Waals surface area contributed by atoms with Crippen LogP contribution in [0, 0.1) is 0 Å². The van der Waals surface area contributed by atoms with Crippen molar-refractivity contribution in [3.05, 3.63) is 24.3 Å². The average Bonchev–Trinajstić information content (AvgIpc) is 2.88. The number of likely N-dealkylation sites (tertiary alicyclic amines) is 1. The highest BCUT2D eigenvalue weighted by Gasteiger charge is 2.27. The van der Waals surface area contributed by atoms with Gasteiger partial charge in [-0.2, -0.15) is 0 Å². The van der Waals surface area contributed by atoms with Crippen molar-refractivity contribution in [1.29, 1.82) is 0 Å². The third kappa shape index (κ3) is 4.19. The predicted octanol–water partition coefficient (Wildman–Crippen LogP) is 4.05. The Labute approximate surface area is 140 Å². The summed E-state index contributed by atoms with van der Waals surface area (Å²) in [6.45, 7) is 7.18. The molecule has 6 heteroatoms. The first-order valence-corrected chi connectivity index (χ1v) is 8.88. The number of imidazole rings is 1. The minimum Gasteiger partial charge on any atom is -0.444 e. The molecule has 1 aromatic carbocycles. The smallest absolute Gasteiger partial charge is 0.410 e. The van der Waals surface area contributed by atoms with E-state index in [1.54, 1.807) is 16.7 Å². The first-order valence-electron chi connectivity index (χ1n) is 8.00. The van der Waals surface area contributed by atoms with Gasteiger partial charge in [0.1, 0.15) is 5.60 Å². The monoisotopic (exact) mass is 333 g/mol. The van der Waals surface area contributed by atoms with Crippen LogP contribution in [0.1, 0.15) is 33.6 Å². The Kier molecular flexibility index (Phi) is 4.53. The van der Waals surface area contributed by atoms with Crippen LogP contribution in [0.15, 0.2) is 29.4 Å².